The number of fused-ring (bicyclic) bond motifs is 3. The quantitative estimate of drug-likeness (QED) is 0.600. The second-order valence-electron chi connectivity index (χ2n) is 5.10. The molecule has 0 saturated carbocycles. The summed E-state index contributed by atoms with van der Waals surface area (Å²) in [5.74, 6) is 1.72. The Balaban J connectivity index is 1.88. The van der Waals surface area contributed by atoms with E-state index in [9.17, 15) is 0 Å². The number of nitrogen functional groups attached to an aromatic ring is 1. The molecule has 0 saturated heterocycles. The van der Waals surface area contributed by atoms with Gasteiger partial charge in [0.1, 0.15) is 17.0 Å². The lowest BCUT2D eigenvalue weighted by Gasteiger charge is -2.09. The van der Waals surface area contributed by atoms with E-state index in [1.165, 1.54) is 0 Å². The van der Waals surface area contributed by atoms with Crippen molar-refractivity contribution in [3.63, 3.8) is 0 Å². The molecular formula is C17H14N4O2. The van der Waals surface area contributed by atoms with Crippen LogP contribution in [0.2, 0.25) is 0 Å². The van der Waals surface area contributed by atoms with E-state index in [1.807, 2.05) is 48.5 Å². The van der Waals surface area contributed by atoms with Gasteiger partial charge in [-0.25, -0.2) is 4.98 Å². The highest BCUT2D eigenvalue weighted by atomic mass is 16.5. The van der Waals surface area contributed by atoms with Crippen molar-refractivity contribution >= 4 is 39.2 Å². The summed E-state index contributed by atoms with van der Waals surface area (Å²) in [7, 11) is 1.63. The third-order valence-electron chi connectivity index (χ3n) is 3.69. The van der Waals surface area contributed by atoms with E-state index in [1.54, 1.807) is 7.11 Å². The molecule has 114 valence electrons. The molecule has 0 unspecified atom stereocenters. The van der Waals surface area contributed by atoms with Gasteiger partial charge in [-0.2, -0.15) is 0 Å². The minimum atomic E-state index is 0.314. The summed E-state index contributed by atoms with van der Waals surface area (Å²) in [5, 5.41) is 8.71. The molecular weight excluding hydrogens is 292 g/mol. The van der Waals surface area contributed by atoms with E-state index < -0.39 is 0 Å². The molecule has 2 aromatic carbocycles. The zero-order valence-electron chi connectivity index (χ0n) is 12.4. The van der Waals surface area contributed by atoms with Crippen molar-refractivity contribution in [3.8, 4) is 5.75 Å². The predicted octanol–water partition coefficient (Wildman–Crippen LogP) is 3.71. The lowest BCUT2D eigenvalue weighted by Crippen LogP contribution is -1.97. The van der Waals surface area contributed by atoms with Crippen LogP contribution in [0.3, 0.4) is 0 Å². The Bertz CT molecular complexity index is 993. The van der Waals surface area contributed by atoms with Crippen LogP contribution >= 0.6 is 0 Å². The molecule has 0 bridgehead atoms. The van der Waals surface area contributed by atoms with Gasteiger partial charge in [0.25, 0.3) is 0 Å². The number of pyridine rings is 1. The molecule has 0 aliphatic carbocycles. The zero-order chi connectivity index (χ0) is 15.8. The molecule has 0 atom stereocenters. The lowest BCUT2D eigenvalue weighted by molar-refractivity contribution is 0.415. The number of nitrogens with two attached hydrogens (primary N) is 1. The molecule has 23 heavy (non-hydrogen) atoms. The first-order valence-electron chi connectivity index (χ1n) is 7.11. The summed E-state index contributed by atoms with van der Waals surface area (Å²) in [4.78, 5) is 4.65. The minimum absolute atomic E-state index is 0.314. The summed E-state index contributed by atoms with van der Waals surface area (Å²) in [6.07, 6.45) is 0. The Kier molecular flexibility index (Phi) is 3.01. The maximum absolute atomic E-state index is 5.96. The molecule has 0 aliphatic heterocycles. The molecule has 6 heteroatoms. The number of hydrogen-bond donors (Lipinski definition) is 2. The zero-order valence-corrected chi connectivity index (χ0v) is 12.4. The fourth-order valence-electron chi connectivity index (χ4n) is 2.56. The maximum Gasteiger partial charge on any atom is 0.182 e. The molecule has 4 aromatic rings. The molecule has 6 nitrogen and oxygen atoms in total. The van der Waals surface area contributed by atoms with Crippen molar-refractivity contribution in [3.05, 3.63) is 48.5 Å². The average molecular weight is 306 g/mol. The van der Waals surface area contributed by atoms with Crippen LogP contribution in [0.15, 0.2) is 53.1 Å². The van der Waals surface area contributed by atoms with E-state index >= 15 is 0 Å². The lowest BCUT2D eigenvalue weighted by atomic mass is 10.1. The molecule has 0 radical (unpaired) electrons. The van der Waals surface area contributed by atoms with E-state index in [4.69, 9.17) is 15.0 Å². The SMILES string of the molecule is COc1ccc(Nc2nc3ccccc3c3onc(N)c23)cc1. The normalized spacial score (nSPS) is 11.0. The number of nitrogens with one attached hydrogen (secondary N) is 1. The number of anilines is 3. The average Bonchev–Trinajstić information content (AvgIpc) is 2.98. The fourth-order valence-corrected chi connectivity index (χ4v) is 2.56. The van der Waals surface area contributed by atoms with E-state index in [2.05, 4.69) is 15.5 Å². The van der Waals surface area contributed by atoms with Crippen molar-refractivity contribution in [1.82, 2.24) is 10.1 Å². The molecule has 2 heterocycles. The maximum atomic E-state index is 5.96. The molecule has 0 fully saturated rings. The van der Waals surface area contributed by atoms with Gasteiger partial charge < -0.3 is 20.3 Å². The Morgan fingerprint density at radius 3 is 2.65 bits per heavy atom. The van der Waals surface area contributed by atoms with Gasteiger partial charge in [0.05, 0.1) is 12.6 Å². The van der Waals surface area contributed by atoms with Gasteiger partial charge in [-0.15, -0.1) is 0 Å². The van der Waals surface area contributed by atoms with E-state index in [0.29, 0.717) is 22.6 Å². The van der Waals surface area contributed by atoms with Crippen LogP contribution in [0.1, 0.15) is 0 Å². The van der Waals surface area contributed by atoms with Crippen molar-refractivity contribution in [2.75, 3.05) is 18.2 Å². The first-order valence-corrected chi connectivity index (χ1v) is 7.11. The summed E-state index contributed by atoms with van der Waals surface area (Å²) >= 11 is 0. The topological polar surface area (TPSA) is 86.2 Å². The van der Waals surface area contributed by atoms with Gasteiger partial charge in [-0.05, 0) is 36.4 Å². The molecule has 0 aliphatic rings. The van der Waals surface area contributed by atoms with Crippen LogP contribution in [-0.4, -0.2) is 17.3 Å². The van der Waals surface area contributed by atoms with Gasteiger partial charge in [-0.1, -0.05) is 17.3 Å². The highest BCUT2D eigenvalue weighted by Gasteiger charge is 2.16. The fraction of sp³-hybridized carbons (Fsp3) is 0.0588. The van der Waals surface area contributed by atoms with Crippen LogP contribution in [0.4, 0.5) is 17.3 Å². The van der Waals surface area contributed by atoms with Gasteiger partial charge in [0.15, 0.2) is 11.4 Å². The second-order valence-corrected chi connectivity index (χ2v) is 5.10. The summed E-state index contributed by atoms with van der Waals surface area (Å²) in [5.41, 5.74) is 8.27. The summed E-state index contributed by atoms with van der Waals surface area (Å²) < 4.78 is 10.6. The minimum Gasteiger partial charge on any atom is -0.497 e. The Labute approximate surface area is 131 Å². The first kappa shape index (κ1) is 13.4. The highest BCUT2D eigenvalue weighted by molar-refractivity contribution is 6.11. The number of methoxy groups -OCH3 is 1. The first-order chi connectivity index (χ1) is 11.3. The van der Waals surface area contributed by atoms with Crippen molar-refractivity contribution in [1.29, 1.82) is 0 Å². The number of para-hydroxylation sites is 1. The molecule has 0 spiro atoms. The molecule has 2 aromatic heterocycles. The molecule has 3 N–H and O–H groups in total. The molecule has 4 rings (SSSR count). The van der Waals surface area contributed by atoms with Crippen LogP contribution in [-0.2, 0) is 0 Å². The second kappa shape index (κ2) is 5.17. The third-order valence-corrected chi connectivity index (χ3v) is 3.69. The van der Waals surface area contributed by atoms with Gasteiger partial charge in [-0.3, -0.25) is 0 Å². The van der Waals surface area contributed by atoms with Crippen LogP contribution < -0.4 is 15.8 Å². The van der Waals surface area contributed by atoms with Gasteiger partial charge >= 0.3 is 0 Å². The van der Waals surface area contributed by atoms with E-state index in [0.717, 1.165) is 22.3 Å². The van der Waals surface area contributed by atoms with Crippen LogP contribution in [0.25, 0.3) is 21.9 Å². The van der Waals surface area contributed by atoms with Crippen LogP contribution in [0.5, 0.6) is 5.75 Å². The summed E-state index contributed by atoms with van der Waals surface area (Å²) in [6.45, 7) is 0. The number of benzene rings is 2. The Hall–Kier alpha value is -3.28. The number of hydrogen-bond acceptors (Lipinski definition) is 6. The monoisotopic (exact) mass is 306 g/mol. The number of nitrogens with zero attached hydrogens (tertiary/aromatic N) is 2. The third kappa shape index (κ3) is 2.20. The number of ether oxygens (including phenoxy) is 1. The Morgan fingerprint density at radius 2 is 1.87 bits per heavy atom. The van der Waals surface area contributed by atoms with Crippen LogP contribution in [0, 0.1) is 0 Å². The predicted molar refractivity (Wildman–Crippen MR) is 90.0 cm³/mol. The van der Waals surface area contributed by atoms with Gasteiger partial charge in [0.2, 0.25) is 0 Å². The van der Waals surface area contributed by atoms with Crippen molar-refractivity contribution < 1.29 is 9.26 Å². The number of aromatic nitrogens is 2. The smallest absolute Gasteiger partial charge is 0.182 e. The van der Waals surface area contributed by atoms with Crippen molar-refractivity contribution in [2.24, 2.45) is 0 Å². The largest absolute Gasteiger partial charge is 0.497 e. The Morgan fingerprint density at radius 1 is 1.09 bits per heavy atom. The highest BCUT2D eigenvalue weighted by Crippen LogP contribution is 2.34. The van der Waals surface area contributed by atoms with Crippen molar-refractivity contribution in [2.45, 2.75) is 0 Å². The van der Waals surface area contributed by atoms with E-state index in [-0.39, 0.29) is 0 Å². The molecule has 0 amide bonds. The standard InChI is InChI=1S/C17H14N4O2/c1-22-11-8-6-10(7-9-11)19-17-14-15(23-21-16(14)18)12-4-2-3-5-13(12)20-17/h2-9H,1H3,(H2,18,21)(H,19,20). The summed E-state index contributed by atoms with van der Waals surface area (Å²) in [6, 6.07) is 15.3. The van der Waals surface area contributed by atoms with Gasteiger partial charge in [0, 0.05) is 11.1 Å². The number of rotatable bonds is 3.